The van der Waals surface area contributed by atoms with E-state index in [4.69, 9.17) is 4.74 Å². The zero-order valence-electron chi connectivity index (χ0n) is 13.2. The van der Waals surface area contributed by atoms with Gasteiger partial charge in [-0.1, -0.05) is 45.9 Å². The van der Waals surface area contributed by atoms with Crippen molar-refractivity contribution in [3.05, 3.63) is 29.8 Å². The molecule has 0 amide bonds. The van der Waals surface area contributed by atoms with E-state index in [1.54, 1.807) is 0 Å². The Morgan fingerprint density at radius 3 is 2.65 bits per heavy atom. The van der Waals surface area contributed by atoms with Crippen LogP contribution in [0.5, 0.6) is 5.75 Å². The summed E-state index contributed by atoms with van der Waals surface area (Å²) in [4.78, 5) is 0. The van der Waals surface area contributed by atoms with E-state index in [0.29, 0.717) is 17.4 Å². The lowest BCUT2D eigenvalue weighted by atomic mass is 9.80. The number of rotatable bonds is 2. The van der Waals surface area contributed by atoms with Gasteiger partial charge in [0.25, 0.3) is 0 Å². The van der Waals surface area contributed by atoms with Gasteiger partial charge in [-0.2, -0.15) is 0 Å². The summed E-state index contributed by atoms with van der Waals surface area (Å²) in [6.45, 7) is 10.3. The fourth-order valence-corrected chi connectivity index (χ4v) is 4.49. The van der Waals surface area contributed by atoms with Gasteiger partial charge in [0.05, 0.1) is 0 Å². The van der Waals surface area contributed by atoms with Gasteiger partial charge in [-0.15, -0.1) is 0 Å². The van der Waals surface area contributed by atoms with Gasteiger partial charge in [-0.3, -0.25) is 0 Å². The molecule has 0 saturated heterocycles. The average molecular weight is 273 g/mol. The molecular weight excluding hydrogens is 246 g/mol. The van der Waals surface area contributed by atoms with Crippen LogP contribution in [0.1, 0.15) is 58.6 Å². The molecule has 1 aliphatic carbocycles. The van der Waals surface area contributed by atoms with Crippen LogP contribution in [0.25, 0.3) is 0 Å². The van der Waals surface area contributed by atoms with Crippen molar-refractivity contribution in [2.75, 3.05) is 6.54 Å². The van der Waals surface area contributed by atoms with E-state index in [0.717, 1.165) is 25.1 Å². The van der Waals surface area contributed by atoms with E-state index in [2.05, 4.69) is 57.3 Å². The number of ether oxygens (including phenoxy) is 1. The summed E-state index contributed by atoms with van der Waals surface area (Å²) in [7, 11) is 0. The molecule has 1 aromatic carbocycles. The van der Waals surface area contributed by atoms with Crippen LogP contribution in [0.2, 0.25) is 0 Å². The summed E-state index contributed by atoms with van der Waals surface area (Å²) in [6.07, 6.45) is 3.52. The molecular formula is C18H27NO. The van der Waals surface area contributed by atoms with Gasteiger partial charge in [0, 0.05) is 18.0 Å². The number of fused-ring (bicyclic) bond motifs is 1. The van der Waals surface area contributed by atoms with Gasteiger partial charge in [-0.25, -0.2) is 0 Å². The predicted molar refractivity (Wildman–Crippen MR) is 83.0 cm³/mol. The second kappa shape index (κ2) is 4.77. The first-order chi connectivity index (χ1) is 9.46. The minimum absolute atomic E-state index is 0.0185. The van der Waals surface area contributed by atoms with Crippen LogP contribution in [0.15, 0.2) is 24.3 Å². The number of nitrogens with one attached hydrogen (secondary N) is 1. The lowest BCUT2D eigenvalue weighted by Crippen LogP contribution is -2.46. The van der Waals surface area contributed by atoms with Crippen LogP contribution in [-0.2, 0) is 0 Å². The van der Waals surface area contributed by atoms with Gasteiger partial charge in [0.2, 0.25) is 0 Å². The van der Waals surface area contributed by atoms with E-state index in [9.17, 15) is 0 Å². The Kier molecular flexibility index (Phi) is 3.32. The Balaban J connectivity index is 1.98. The minimum atomic E-state index is 0.0185. The van der Waals surface area contributed by atoms with Crippen molar-refractivity contribution in [1.29, 1.82) is 0 Å². The molecule has 110 valence electrons. The van der Waals surface area contributed by atoms with Crippen molar-refractivity contribution in [1.82, 2.24) is 5.32 Å². The van der Waals surface area contributed by atoms with Crippen LogP contribution in [0.4, 0.5) is 0 Å². The van der Waals surface area contributed by atoms with E-state index >= 15 is 0 Å². The topological polar surface area (TPSA) is 21.3 Å². The molecule has 0 aromatic heterocycles. The van der Waals surface area contributed by atoms with Crippen LogP contribution >= 0.6 is 0 Å². The van der Waals surface area contributed by atoms with E-state index in [-0.39, 0.29) is 5.60 Å². The summed E-state index contributed by atoms with van der Waals surface area (Å²) in [6, 6.07) is 8.98. The van der Waals surface area contributed by atoms with Gasteiger partial charge >= 0.3 is 0 Å². The first-order valence-electron chi connectivity index (χ1n) is 7.97. The minimum Gasteiger partial charge on any atom is -0.487 e. The molecule has 3 unspecified atom stereocenters. The fourth-order valence-electron chi connectivity index (χ4n) is 4.49. The molecule has 0 radical (unpaired) electrons. The summed E-state index contributed by atoms with van der Waals surface area (Å²) < 4.78 is 6.56. The van der Waals surface area contributed by atoms with E-state index < -0.39 is 0 Å². The SMILES string of the molecule is CCNC1CC2(CC(C)(C)CC2C)Oc2ccccc21. The number of benzene rings is 1. The number of hydrogen-bond donors (Lipinski definition) is 1. The third kappa shape index (κ3) is 2.24. The molecule has 1 aliphatic heterocycles. The first-order valence-corrected chi connectivity index (χ1v) is 7.97. The summed E-state index contributed by atoms with van der Waals surface area (Å²) in [5, 5.41) is 3.66. The highest BCUT2D eigenvalue weighted by Crippen LogP contribution is 2.55. The van der Waals surface area contributed by atoms with E-state index in [1.807, 2.05) is 0 Å². The molecule has 0 bridgehead atoms. The Bertz CT molecular complexity index is 496. The molecule has 2 aliphatic rings. The highest BCUT2D eigenvalue weighted by Gasteiger charge is 2.53. The quantitative estimate of drug-likeness (QED) is 0.866. The zero-order valence-corrected chi connectivity index (χ0v) is 13.2. The van der Waals surface area contributed by atoms with Gasteiger partial charge in [-0.05, 0) is 36.8 Å². The highest BCUT2D eigenvalue weighted by atomic mass is 16.5. The van der Waals surface area contributed by atoms with Gasteiger partial charge in [0.1, 0.15) is 11.4 Å². The summed E-state index contributed by atoms with van der Waals surface area (Å²) in [5.74, 6) is 1.71. The fraction of sp³-hybridized carbons (Fsp3) is 0.667. The maximum absolute atomic E-state index is 6.56. The second-order valence-electron chi connectivity index (χ2n) is 7.47. The maximum Gasteiger partial charge on any atom is 0.124 e. The molecule has 2 heteroatoms. The Labute approximate surface area is 122 Å². The maximum atomic E-state index is 6.56. The van der Waals surface area contributed by atoms with Crippen molar-refractivity contribution in [2.24, 2.45) is 11.3 Å². The predicted octanol–water partition coefficient (Wildman–Crippen LogP) is 4.31. The second-order valence-corrected chi connectivity index (χ2v) is 7.47. The third-order valence-electron chi connectivity index (χ3n) is 5.14. The van der Waals surface area contributed by atoms with Gasteiger partial charge < -0.3 is 10.1 Å². The largest absolute Gasteiger partial charge is 0.487 e. The lowest BCUT2D eigenvalue weighted by molar-refractivity contribution is -0.00268. The third-order valence-corrected chi connectivity index (χ3v) is 5.14. The molecule has 1 fully saturated rings. The molecule has 1 saturated carbocycles. The number of para-hydroxylation sites is 1. The van der Waals surface area contributed by atoms with E-state index in [1.165, 1.54) is 12.0 Å². The normalized spacial score (nSPS) is 34.8. The molecule has 1 heterocycles. The van der Waals surface area contributed by atoms with Crippen molar-refractivity contribution < 1.29 is 4.74 Å². The van der Waals surface area contributed by atoms with Crippen molar-refractivity contribution in [2.45, 2.75) is 58.6 Å². The van der Waals surface area contributed by atoms with Crippen molar-refractivity contribution in [3.8, 4) is 5.75 Å². The zero-order chi connectivity index (χ0) is 14.4. The summed E-state index contributed by atoms with van der Waals surface area (Å²) in [5.41, 5.74) is 1.74. The molecule has 3 atom stereocenters. The monoisotopic (exact) mass is 273 g/mol. The lowest BCUT2D eigenvalue weighted by Gasteiger charge is -2.43. The van der Waals surface area contributed by atoms with Crippen LogP contribution in [0.3, 0.4) is 0 Å². The first kappa shape index (κ1) is 13.9. The van der Waals surface area contributed by atoms with Crippen LogP contribution in [0, 0.1) is 11.3 Å². The van der Waals surface area contributed by atoms with Crippen molar-refractivity contribution >= 4 is 0 Å². The standard InChI is InChI=1S/C18H27NO/c1-5-19-15-11-18(12-17(3,4)10-13(18)2)20-16-9-7-6-8-14(15)16/h6-9,13,15,19H,5,10-12H2,1-4H3. The molecule has 20 heavy (non-hydrogen) atoms. The Morgan fingerprint density at radius 2 is 2.00 bits per heavy atom. The molecule has 1 aromatic rings. The van der Waals surface area contributed by atoms with Gasteiger partial charge in [0.15, 0.2) is 0 Å². The summed E-state index contributed by atoms with van der Waals surface area (Å²) >= 11 is 0. The Hall–Kier alpha value is -1.02. The number of hydrogen-bond acceptors (Lipinski definition) is 2. The van der Waals surface area contributed by atoms with Crippen LogP contribution < -0.4 is 10.1 Å². The highest BCUT2D eigenvalue weighted by molar-refractivity contribution is 5.39. The Morgan fingerprint density at radius 1 is 1.25 bits per heavy atom. The average Bonchev–Trinajstić information content (AvgIpc) is 2.59. The van der Waals surface area contributed by atoms with Crippen LogP contribution in [-0.4, -0.2) is 12.1 Å². The molecule has 1 N–H and O–H groups in total. The molecule has 1 spiro atoms. The smallest absolute Gasteiger partial charge is 0.124 e. The van der Waals surface area contributed by atoms with Crippen molar-refractivity contribution in [3.63, 3.8) is 0 Å². The molecule has 2 nitrogen and oxygen atoms in total. The molecule has 3 rings (SSSR count).